The molecule has 0 saturated carbocycles. The van der Waals surface area contributed by atoms with E-state index in [9.17, 15) is 4.79 Å². The fraction of sp³-hybridized carbons (Fsp3) is 0.0303. The summed E-state index contributed by atoms with van der Waals surface area (Å²) in [6.07, 6.45) is 0. The molecule has 0 amide bonds. The monoisotopic (exact) mass is 512 g/mol. The van der Waals surface area contributed by atoms with Gasteiger partial charge in [0.1, 0.15) is 15.5 Å². The van der Waals surface area contributed by atoms with Crippen molar-refractivity contribution in [1.29, 1.82) is 0 Å². The van der Waals surface area contributed by atoms with Crippen molar-refractivity contribution in [2.45, 2.75) is 0 Å². The third-order valence-corrected chi connectivity index (χ3v) is 7.73. The van der Waals surface area contributed by atoms with Gasteiger partial charge in [0.2, 0.25) is 5.78 Å². The van der Waals surface area contributed by atoms with Gasteiger partial charge in [0.05, 0.1) is 18.5 Å². The molecular weight excluding hydrogens is 488 g/mol. The minimum atomic E-state index is -0.102. The minimum Gasteiger partial charge on any atom is -0.497 e. The number of fused-ring (bicyclic) bond motifs is 1. The number of hydrogen-bond donors (Lipinski definition) is 1. The second kappa shape index (κ2) is 9.96. The number of aromatic nitrogens is 1. The van der Waals surface area contributed by atoms with Crippen LogP contribution >= 0.6 is 11.3 Å². The number of carbonyl (C=O) groups excluding carboxylic acids is 1. The number of anilines is 1. The van der Waals surface area contributed by atoms with Crippen LogP contribution in [0.4, 0.5) is 5.69 Å². The average molecular weight is 513 g/mol. The van der Waals surface area contributed by atoms with Crippen LogP contribution in [0.5, 0.6) is 5.75 Å². The van der Waals surface area contributed by atoms with Crippen LogP contribution < -0.4 is 10.5 Å². The van der Waals surface area contributed by atoms with Crippen molar-refractivity contribution >= 4 is 33.0 Å². The van der Waals surface area contributed by atoms with Gasteiger partial charge in [-0.15, -0.1) is 11.3 Å². The van der Waals surface area contributed by atoms with E-state index in [-0.39, 0.29) is 5.78 Å². The zero-order valence-electron chi connectivity index (χ0n) is 20.7. The van der Waals surface area contributed by atoms with Gasteiger partial charge in [-0.3, -0.25) is 4.79 Å². The molecule has 4 aromatic carbocycles. The van der Waals surface area contributed by atoms with Gasteiger partial charge in [0.25, 0.3) is 0 Å². The molecule has 0 aliphatic carbocycles. The first-order valence-electron chi connectivity index (χ1n) is 12.3. The summed E-state index contributed by atoms with van der Waals surface area (Å²) in [6.45, 7) is 0. The maximum Gasteiger partial charge on any atom is 0.205 e. The van der Waals surface area contributed by atoms with Crippen LogP contribution in [0.2, 0.25) is 0 Å². The second-order valence-electron chi connectivity index (χ2n) is 8.95. The van der Waals surface area contributed by atoms with Crippen molar-refractivity contribution in [3.05, 3.63) is 126 Å². The maximum absolute atomic E-state index is 13.6. The summed E-state index contributed by atoms with van der Waals surface area (Å²) in [6, 6.07) is 37.7. The molecule has 6 aromatic rings. The zero-order chi connectivity index (χ0) is 26.1. The first kappa shape index (κ1) is 23.6. The summed E-state index contributed by atoms with van der Waals surface area (Å²) in [5, 5.41) is 0.808. The number of benzene rings is 4. The number of carbonyl (C=O) groups is 1. The van der Waals surface area contributed by atoms with Crippen LogP contribution in [0.25, 0.3) is 43.7 Å². The molecule has 0 aliphatic heterocycles. The van der Waals surface area contributed by atoms with Gasteiger partial charge >= 0.3 is 0 Å². The Kier molecular flexibility index (Phi) is 6.20. The molecule has 0 aliphatic rings. The van der Waals surface area contributed by atoms with E-state index < -0.39 is 0 Å². The molecule has 6 rings (SSSR count). The van der Waals surface area contributed by atoms with E-state index in [1.165, 1.54) is 11.3 Å². The molecule has 0 spiro atoms. The van der Waals surface area contributed by atoms with Crippen LogP contribution in [0.3, 0.4) is 0 Å². The number of methoxy groups -OCH3 is 1. The molecule has 0 radical (unpaired) electrons. The summed E-state index contributed by atoms with van der Waals surface area (Å²) in [7, 11) is 1.65. The number of thiophene rings is 1. The SMILES string of the molecule is COc1ccc(-c2cc(-c3ccccc3)c3c(N)c(C(=O)c4ccc(-c5ccccc5)cc4)sc3n2)cc1. The normalized spacial score (nSPS) is 11.0. The quantitative estimate of drug-likeness (QED) is 0.229. The number of pyridine rings is 1. The summed E-state index contributed by atoms with van der Waals surface area (Å²) >= 11 is 1.34. The van der Waals surface area contributed by atoms with E-state index in [0.29, 0.717) is 16.1 Å². The molecule has 4 nitrogen and oxygen atoms in total. The van der Waals surface area contributed by atoms with Gasteiger partial charge in [-0.25, -0.2) is 4.98 Å². The molecule has 38 heavy (non-hydrogen) atoms. The third kappa shape index (κ3) is 4.33. The molecule has 5 heteroatoms. The second-order valence-corrected chi connectivity index (χ2v) is 9.95. The fourth-order valence-electron chi connectivity index (χ4n) is 4.62. The number of hydrogen-bond acceptors (Lipinski definition) is 5. The van der Waals surface area contributed by atoms with Gasteiger partial charge in [-0.05, 0) is 52.6 Å². The van der Waals surface area contributed by atoms with E-state index in [4.69, 9.17) is 15.5 Å². The van der Waals surface area contributed by atoms with Gasteiger partial charge in [0.15, 0.2) is 0 Å². The summed E-state index contributed by atoms with van der Waals surface area (Å²) < 4.78 is 5.32. The zero-order valence-corrected chi connectivity index (χ0v) is 21.5. The van der Waals surface area contributed by atoms with Crippen LogP contribution in [-0.2, 0) is 0 Å². The fourth-order valence-corrected chi connectivity index (χ4v) is 5.70. The van der Waals surface area contributed by atoms with Crippen molar-refractivity contribution < 1.29 is 9.53 Å². The lowest BCUT2D eigenvalue weighted by Gasteiger charge is -2.09. The van der Waals surface area contributed by atoms with Crippen LogP contribution in [0, 0.1) is 0 Å². The van der Waals surface area contributed by atoms with E-state index in [2.05, 4.69) is 12.1 Å². The first-order chi connectivity index (χ1) is 18.6. The number of ether oxygens (including phenoxy) is 1. The Labute approximate surface area is 225 Å². The number of nitrogens with zero attached hydrogens (tertiary/aromatic N) is 1. The van der Waals surface area contributed by atoms with Crippen molar-refractivity contribution in [2.24, 2.45) is 0 Å². The van der Waals surface area contributed by atoms with Crippen molar-refractivity contribution in [1.82, 2.24) is 4.98 Å². The highest BCUT2D eigenvalue weighted by Crippen LogP contribution is 2.42. The standard InChI is InChI=1S/C33H24N2O2S/c1-37-26-18-16-24(17-19-26)28-20-27(23-10-6-3-7-11-23)29-30(34)32(38-33(29)35-28)31(36)25-14-12-22(13-15-25)21-8-4-2-5-9-21/h2-20H,34H2,1H3. The average Bonchev–Trinajstić information content (AvgIpc) is 3.33. The molecular formula is C33H24N2O2S. The lowest BCUT2D eigenvalue weighted by atomic mass is 9.98. The van der Waals surface area contributed by atoms with Crippen LogP contribution in [0.15, 0.2) is 115 Å². The molecule has 0 atom stereocenters. The minimum absolute atomic E-state index is 0.102. The lowest BCUT2D eigenvalue weighted by molar-refractivity contribution is 0.104. The highest BCUT2D eigenvalue weighted by Gasteiger charge is 2.22. The Morgan fingerprint density at radius 3 is 1.95 bits per heavy atom. The third-order valence-electron chi connectivity index (χ3n) is 6.63. The number of ketones is 1. The predicted octanol–water partition coefficient (Wildman–Crippen LogP) is 8.12. The van der Waals surface area contributed by atoms with E-state index in [0.717, 1.165) is 49.5 Å². The molecule has 2 heterocycles. The Hall–Kier alpha value is -4.74. The molecule has 0 saturated heterocycles. The Bertz CT molecular complexity index is 1740. The van der Waals surface area contributed by atoms with Crippen molar-refractivity contribution in [3.63, 3.8) is 0 Å². The molecule has 0 fully saturated rings. The number of rotatable bonds is 6. The highest BCUT2D eigenvalue weighted by atomic mass is 32.1. The van der Waals surface area contributed by atoms with Gasteiger partial charge in [0, 0.05) is 16.5 Å². The summed E-state index contributed by atoms with van der Waals surface area (Å²) in [5.74, 6) is 0.680. The topological polar surface area (TPSA) is 65.2 Å². The summed E-state index contributed by atoms with van der Waals surface area (Å²) in [5.41, 5.74) is 13.7. The van der Waals surface area contributed by atoms with Gasteiger partial charge < -0.3 is 10.5 Å². The number of nitrogen functional groups attached to an aromatic ring is 1. The first-order valence-corrected chi connectivity index (χ1v) is 13.1. The molecule has 2 aromatic heterocycles. The predicted molar refractivity (Wildman–Crippen MR) is 157 cm³/mol. The van der Waals surface area contributed by atoms with Crippen molar-refractivity contribution in [2.75, 3.05) is 12.8 Å². The van der Waals surface area contributed by atoms with Crippen LogP contribution in [-0.4, -0.2) is 17.9 Å². The molecule has 0 bridgehead atoms. The largest absolute Gasteiger partial charge is 0.497 e. The maximum atomic E-state index is 13.6. The van der Waals surface area contributed by atoms with Gasteiger partial charge in [-0.2, -0.15) is 0 Å². The highest BCUT2D eigenvalue weighted by molar-refractivity contribution is 7.21. The van der Waals surface area contributed by atoms with Crippen LogP contribution in [0.1, 0.15) is 15.2 Å². The number of nitrogens with two attached hydrogens (primary N) is 1. The van der Waals surface area contributed by atoms with E-state index in [1.807, 2.05) is 103 Å². The Morgan fingerprint density at radius 2 is 1.32 bits per heavy atom. The lowest BCUT2D eigenvalue weighted by Crippen LogP contribution is -2.02. The molecule has 184 valence electrons. The molecule has 0 unspecified atom stereocenters. The van der Waals surface area contributed by atoms with E-state index in [1.54, 1.807) is 7.11 Å². The van der Waals surface area contributed by atoms with Gasteiger partial charge in [-0.1, -0.05) is 84.9 Å². The van der Waals surface area contributed by atoms with E-state index >= 15 is 0 Å². The molecule has 2 N–H and O–H groups in total. The Balaban J connectivity index is 1.46. The van der Waals surface area contributed by atoms with Crippen molar-refractivity contribution in [3.8, 4) is 39.3 Å². The summed E-state index contributed by atoms with van der Waals surface area (Å²) in [4.78, 5) is 19.8. The smallest absolute Gasteiger partial charge is 0.205 e. The Morgan fingerprint density at radius 1 is 0.737 bits per heavy atom.